The average Bonchev–Trinajstić information content (AvgIpc) is 2.44. The van der Waals surface area contributed by atoms with Crippen LogP contribution >= 0.6 is 0 Å². The molecule has 20 heavy (non-hydrogen) atoms. The summed E-state index contributed by atoms with van der Waals surface area (Å²) in [7, 11) is 1.72. The van der Waals surface area contributed by atoms with Crippen LogP contribution in [0.4, 0.5) is 0 Å². The normalized spacial score (nSPS) is 13.0. The molecule has 0 aromatic heterocycles. The summed E-state index contributed by atoms with van der Waals surface area (Å²) in [4.78, 5) is 12.8. The minimum absolute atomic E-state index is 0.372. The number of hydrogen-bond donors (Lipinski definition) is 1. The van der Waals surface area contributed by atoms with Gasteiger partial charge in [0.2, 0.25) is 0 Å². The van der Waals surface area contributed by atoms with Crippen molar-refractivity contribution in [1.82, 2.24) is 4.90 Å². The Morgan fingerprint density at radius 2 is 2.05 bits per heavy atom. The van der Waals surface area contributed by atoms with Crippen molar-refractivity contribution in [1.29, 1.82) is 0 Å². The Morgan fingerprint density at radius 3 is 2.55 bits per heavy atom. The van der Waals surface area contributed by atoms with Gasteiger partial charge in [-0.3, -0.25) is 4.90 Å². The molecule has 1 rings (SSSR count). The summed E-state index contributed by atoms with van der Waals surface area (Å²) < 4.78 is 5.19. The van der Waals surface area contributed by atoms with Crippen LogP contribution in [0.25, 0.3) is 6.08 Å². The van der Waals surface area contributed by atoms with Gasteiger partial charge in [0, 0.05) is 25.8 Å². The van der Waals surface area contributed by atoms with Crippen molar-refractivity contribution < 1.29 is 14.6 Å². The number of ether oxygens (including phenoxy) is 1. The van der Waals surface area contributed by atoms with Crippen molar-refractivity contribution in [3.63, 3.8) is 0 Å². The SMILES string of the molecule is CCN(Cc1ccc(C=CC(=O)O)cc1)C(C)COC. The lowest BCUT2D eigenvalue weighted by Crippen LogP contribution is -2.35. The summed E-state index contributed by atoms with van der Waals surface area (Å²) in [5.41, 5.74) is 2.10. The van der Waals surface area contributed by atoms with Crippen LogP contribution in [0.5, 0.6) is 0 Å². The van der Waals surface area contributed by atoms with Crippen molar-refractivity contribution in [2.24, 2.45) is 0 Å². The highest BCUT2D eigenvalue weighted by Crippen LogP contribution is 2.11. The third-order valence-corrected chi connectivity index (χ3v) is 3.22. The predicted octanol–water partition coefficient (Wildman–Crippen LogP) is 2.64. The van der Waals surface area contributed by atoms with Crippen LogP contribution in [0.1, 0.15) is 25.0 Å². The molecule has 4 heteroatoms. The number of nitrogens with zero attached hydrogens (tertiary/aromatic N) is 1. The van der Waals surface area contributed by atoms with Gasteiger partial charge in [0.15, 0.2) is 0 Å². The zero-order chi connectivity index (χ0) is 15.0. The number of aliphatic carboxylic acids is 1. The number of methoxy groups -OCH3 is 1. The fourth-order valence-electron chi connectivity index (χ4n) is 2.06. The Balaban J connectivity index is 2.66. The Labute approximate surface area is 120 Å². The molecule has 0 amide bonds. The summed E-state index contributed by atoms with van der Waals surface area (Å²) in [6, 6.07) is 8.30. The second kappa shape index (κ2) is 8.51. The number of carboxylic acids is 1. The van der Waals surface area contributed by atoms with Crippen molar-refractivity contribution >= 4 is 12.0 Å². The first kappa shape index (κ1) is 16.4. The molecule has 0 heterocycles. The van der Waals surface area contributed by atoms with Gasteiger partial charge in [-0.25, -0.2) is 4.79 Å². The number of benzene rings is 1. The van der Waals surface area contributed by atoms with E-state index in [4.69, 9.17) is 9.84 Å². The maximum absolute atomic E-state index is 10.5. The molecule has 0 aliphatic carbocycles. The summed E-state index contributed by atoms with van der Waals surface area (Å²) in [5.74, 6) is -0.931. The Kier molecular flexibility index (Phi) is 6.98. The van der Waals surface area contributed by atoms with Crippen molar-refractivity contribution in [2.75, 3.05) is 20.3 Å². The molecule has 1 aromatic rings. The van der Waals surface area contributed by atoms with Crippen LogP contribution < -0.4 is 0 Å². The third-order valence-electron chi connectivity index (χ3n) is 3.22. The van der Waals surface area contributed by atoms with Gasteiger partial charge >= 0.3 is 5.97 Å². The summed E-state index contributed by atoms with van der Waals surface area (Å²) in [5, 5.41) is 8.59. The topological polar surface area (TPSA) is 49.8 Å². The second-order valence-corrected chi connectivity index (χ2v) is 4.78. The molecule has 0 spiro atoms. The molecule has 1 N–H and O–H groups in total. The van der Waals surface area contributed by atoms with E-state index in [0.29, 0.717) is 12.6 Å². The molecule has 0 bridgehead atoms. The van der Waals surface area contributed by atoms with E-state index < -0.39 is 5.97 Å². The smallest absolute Gasteiger partial charge is 0.328 e. The molecule has 1 atom stereocenters. The molecule has 0 aliphatic rings. The predicted molar refractivity (Wildman–Crippen MR) is 80.5 cm³/mol. The lowest BCUT2D eigenvalue weighted by Gasteiger charge is -2.27. The Bertz CT molecular complexity index is 440. The lowest BCUT2D eigenvalue weighted by atomic mass is 10.1. The highest BCUT2D eigenvalue weighted by atomic mass is 16.5. The fourth-order valence-corrected chi connectivity index (χ4v) is 2.06. The summed E-state index contributed by atoms with van der Waals surface area (Å²) >= 11 is 0. The molecule has 0 saturated carbocycles. The van der Waals surface area contributed by atoms with Gasteiger partial charge in [0.1, 0.15) is 0 Å². The molecular formula is C16H23NO3. The Morgan fingerprint density at radius 1 is 1.40 bits per heavy atom. The highest BCUT2D eigenvalue weighted by Gasteiger charge is 2.11. The first-order valence-electron chi connectivity index (χ1n) is 6.79. The largest absolute Gasteiger partial charge is 0.478 e. The quantitative estimate of drug-likeness (QED) is 0.742. The van der Waals surface area contributed by atoms with Gasteiger partial charge in [-0.05, 0) is 30.7 Å². The van der Waals surface area contributed by atoms with Crippen LogP contribution in [0.3, 0.4) is 0 Å². The van der Waals surface area contributed by atoms with Crippen LogP contribution in [-0.2, 0) is 16.1 Å². The Hall–Kier alpha value is -1.65. The maximum atomic E-state index is 10.5. The monoisotopic (exact) mass is 277 g/mol. The van der Waals surface area contributed by atoms with Crippen molar-refractivity contribution in [3.05, 3.63) is 41.5 Å². The number of hydrogen-bond acceptors (Lipinski definition) is 3. The van der Waals surface area contributed by atoms with E-state index in [1.54, 1.807) is 13.2 Å². The molecule has 1 aromatic carbocycles. The van der Waals surface area contributed by atoms with Crippen LogP contribution in [0, 0.1) is 0 Å². The molecule has 4 nitrogen and oxygen atoms in total. The van der Waals surface area contributed by atoms with E-state index >= 15 is 0 Å². The fraction of sp³-hybridized carbons (Fsp3) is 0.438. The second-order valence-electron chi connectivity index (χ2n) is 4.78. The van der Waals surface area contributed by atoms with E-state index in [1.165, 1.54) is 5.56 Å². The molecule has 1 unspecified atom stereocenters. The standard InChI is InChI=1S/C16H23NO3/c1-4-17(13(2)12-20-3)11-15-7-5-14(6-8-15)9-10-16(18)19/h5-10,13H,4,11-12H2,1-3H3,(H,18,19). The third kappa shape index (κ3) is 5.55. The van der Waals surface area contributed by atoms with Crippen molar-refractivity contribution in [2.45, 2.75) is 26.4 Å². The van der Waals surface area contributed by atoms with Gasteiger partial charge in [0.05, 0.1) is 6.61 Å². The van der Waals surface area contributed by atoms with E-state index in [0.717, 1.165) is 24.7 Å². The van der Waals surface area contributed by atoms with E-state index in [2.05, 4.69) is 18.7 Å². The van der Waals surface area contributed by atoms with E-state index in [-0.39, 0.29) is 0 Å². The first-order chi connectivity index (χ1) is 9.56. The van der Waals surface area contributed by atoms with E-state index in [1.807, 2.05) is 24.3 Å². The number of carboxylic acid groups (broad SMARTS) is 1. The average molecular weight is 277 g/mol. The molecular weight excluding hydrogens is 254 g/mol. The molecule has 0 radical (unpaired) electrons. The zero-order valence-electron chi connectivity index (χ0n) is 12.4. The number of carbonyl (C=O) groups is 1. The molecule has 0 saturated heterocycles. The minimum Gasteiger partial charge on any atom is -0.478 e. The lowest BCUT2D eigenvalue weighted by molar-refractivity contribution is -0.131. The van der Waals surface area contributed by atoms with Crippen LogP contribution in [0.2, 0.25) is 0 Å². The molecule has 110 valence electrons. The minimum atomic E-state index is -0.931. The van der Waals surface area contributed by atoms with Crippen molar-refractivity contribution in [3.8, 4) is 0 Å². The molecule has 0 aliphatic heterocycles. The van der Waals surface area contributed by atoms with Gasteiger partial charge in [0.25, 0.3) is 0 Å². The van der Waals surface area contributed by atoms with Crippen LogP contribution in [-0.4, -0.2) is 42.3 Å². The zero-order valence-corrected chi connectivity index (χ0v) is 12.4. The number of likely N-dealkylation sites (N-methyl/N-ethyl adjacent to an activating group) is 1. The van der Waals surface area contributed by atoms with Gasteiger partial charge in [-0.2, -0.15) is 0 Å². The van der Waals surface area contributed by atoms with Gasteiger partial charge < -0.3 is 9.84 Å². The summed E-state index contributed by atoms with van der Waals surface area (Å²) in [6.07, 6.45) is 2.74. The summed E-state index contributed by atoms with van der Waals surface area (Å²) in [6.45, 7) is 6.83. The van der Waals surface area contributed by atoms with Crippen LogP contribution in [0.15, 0.2) is 30.3 Å². The van der Waals surface area contributed by atoms with Gasteiger partial charge in [-0.15, -0.1) is 0 Å². The first-order valence-corrected chi connectivity index (χ1v) is 6.79. The number of rotatable bonds is 8. The molecule has 0 fully saturated rings. The van der Waals surface area contributed by atoms with Gasteiger partial charge in [-0.1, -0.05) is 31.2 Å². The van der Waals surface area contributed by atoms with E-state index in [9.17, 15) is 4.79 Å². The maximum Gasteiger partial charge on any atom is 0.328 e. The highest BCUT2D eigenvalue weighted by molar-refractivity contribution is 5.85.